The number of hydrogen-bond donors (Lipinski definition) is 2. The predicted molar refractivity (Wildman–Crippen MR) is 73.6 cm³/mol. The number of rotatable bonds is 2. The van der Waals surface area contributed by atoms with Gasteiger partial charge in [-0.05, 0) is 62.8 Å². The van der Waals surface area contributed by atoms with E-state index in [1.54, 1.807) is 0 Å². The molecule has 3 N–H and O–H groups in total. The molecule has 0 atom stereocenters. The summed E-state index contributed by atoms with van der Waals surface area (Å²) in [4.78, 5) is 12.1. The topological polar surface area (TPSA) is 55.1 Å². The van der Waals surface area contributed by atoms with Gasteiger partial charge in [-0.1, -0.05) is 6.07 Å². The lowest BCUT2D eigenvalue weighted by Crippen LogP contribution is -2.40. The Balaban J connectivity index is 1.97. The third kappa shape index (κ3) is 3.10. The fourth-order valence-electron chi connectivity index (χ4n) is 2.41. The zero-order chi connectivity index (χ0) is 13.1. The van der Waals surface area contributed by atoms with Crippen molar-refractivity contribution >= 4 is 5.91 Å². The third-order valence-electron chi connectivity index (χ3n) is 3.88. The van der Waals surface area contributed by atoms with Crippen LogP contribution in [0.4, 0.5) is 0 Å². The lowest BCUT2D eigenvalue weighted by atomic mass is 9.91. The molecule has 18 heavy (non-hydrogen) atoms. The summed E-state index contributed by atoms with van der Waals surface area (Å²) < 4.78 is 0. The van der Waals surface area contributed by atoms with Crippen LogP contribution >= 0.6 is 0 Å². The van der Waals surface area contributed by atoms with Crippen LogP contribution < -0.4 is 11.1 Å². The van der Waals surface area contributed by atoms with Crippen LogP contribution in [-0.2, 0) is 0 Å². The van der Waals surface area contributed by atoms with Crippen molar-refractivity contribution in [1.82, 2.24) is 5.32 Å². The zero-order valence-electron chi connectivity index (χ0n) is 11.2. The maximum Gasteiger partial charge on any atom is 0.251 e. The second-order valence-electron chi connectivity index (χ2n) is 5.38. The highest BCUT2D eigenvalue weighted by atomic mass is 16.1. The Hall–Kier alpha value is -1.35. The van der Waals surface area contributed by atoms with E-state index in [4.69, 9.17) is 5.73 Å². The van der Waals surface area contributed by atoms with Crippen molar-refractivity contribution in [2.24, 2.45) is 5.73 Å². The maximum atomic E-state index is 12.1. The molecule has 0 aliphatic heterocycles. The molecule has 1 aromatic rings. The summed E-state index contributed by atoms with van der Waals surface area (Å²) in [6, 6.07) is 6.46. The summed E-state index contributed by atoms with van der Waals surface area (Å²) in [5, 5.41) is 3.11. The minimum absolute atomic E-state index is 0.0403. The lowest BCUT2D eigenvalue weighted by Gasteiger charge is -2.26. The number of carbonyl (C=O) groups excluding carboxylic acids is 1. The lowest BCUT2D eigenvalue weighted by molar-refractivity contribution is 0.0926. The molecule has 0 unspecified atom stereocenters. The molecule has 98 valence electrons. The predicted octanol–water partition coefficient (Wildman–Crippen LogP) is 2.30. The molecule has 0 saturated heterocycles. The minimum Gasteiger partial charge on any atom is -0.349 e. The summed E-state index contributed by atoms with van der Waals surface area (Å²) in [5.41, 5.74) is 9.00. The Morgan fingerprint density at radius 1 is 1.17 bits per heavy atom. The molecule has 1 saturated carbocycles. The summed E-state index contributed by atoms with van der Waals surface area (Å²) in [6.07, 6.45) is 4.02. The van der Waals surface area contributed by atoms with Crippen molar-refractivity contribution in [3.63, 3.8) is 0 Å². The average molecular weight is 246 g/mol. The molecule has 1 aliphatic rings. The summed E-state index contributed by atoms with van der Waals surface area (Å²) in [5.74, 6) is 0.0403. The van der Waals surface area contributed by atoms with E-state index in [0.29, 0.717) is 12.1 Å². The molecule has 1 fully saturated rings. The van der Waals surface area contributed by atoms with E-state index in [9.17, 15) is 4.79 Å². The minimum atomic E-state index is 0.0403. The van der Waals surface area contributed by atoms with E-state index in [0.717, 1.165) is 36.8 Å². The van der Waals surface area contributed by atoms with Crippen molar-refractivity contribution < 1.29 is 4.79 Å². The molecule has 0 heterocycles. The number of benzene rings is 1. The third-order valence-corrected chi connectivity index (χ3v) is 3.88. The molecule has 3 nitrogen and oxygen atoms in total. The molecule has 0 spiro atoms. The van der Waals surface area contributed by atoms with Gasteiger partial charge in [0.1, 0.15) is 0 Å². The van der Waals surface area contributed by atoms with Gasteiger partial charge in [0, 0.05) is 17.6 Å². The Kier molecular flexibility index (Phi) is 4.02. The fraction of sp³-hybridized carbons (Fsp3) is 0.533. The quantitative estimate of drug-likeness (QED) is 0.841. The number of aryl methyl sites for hydroxylation is 2. The molecule has 0 bridgehead atoms. The number of nitrogens with two attached hydrogens (primary N) is 1. The van der Waals surface area contributed by atoms with Crippen LogP contribution in [0.3, 0.4) is 0 Å². The summed E-state index contributed by atoms with van der Waals surface area (Å²) in [7, 11) is 0. The molecule has 0 radical (unpaired) electrons. The Labute approximate surface area is 109 Å². The number of nitrogens with one attached hydrogen (secondary N) is 1. The smallest absolute Gasteiger partial charge is 0.251 e. The van der Waals surface area contributed by atoms with Crippen LogP contribution in [0, 0.1) is 13.8 Å². The Morgan fingerprint density at radius 3 is 2.44 bits per heavy atom. The van der Waals surface area contributed by atoms with Gasteiger partial charge in [-0.2, -0.15) is 0 Å². The molecule has 3 heteroatoms. The van der Waals surface area contributed by atoms with Gasteiger partial charge < -0.3 is 11.1 Å². The van der Waals surface area contributed by atoms with Crippen molar-refractivity contribution in [1.29, 1.82) is 0 Å². The maximum absolute atomic E-state index is 12.1. The Morgan fingerprint density at radius 2 is 1.83 bits per heavy atom. The molecular weight excluding hydrogens is 224 g/mol. The van der Waals surface area contributed by atoms with Gasteiger partial charge in [-0.25, -0.2) is 0 Å². The van der Waals surface area contributed by atoms with Crippen molar-refractivity contribution in [2.45, 2.75) is 51.6 Å². The van der Waals surface area contributed by atoms with Gasteiger partial charge in [0.15, 0.2) is 0 Å². The SMILES string of the molecule is Cc1ccc(C(=O)NC2CCC(N)CC2)cc1C. The Bertz CT molecular complexity index is 434. The van der Waals surface area contributed by atoms with Crippen LogP contribution in [0.2, 0.25) is 0 Å². The molecule has 0 aromatic heterocycles. The molecule has 1 aromatic carbocycles. The number of hydrogen-bond acceptors (Lipinski definition) is 2. The first-order valence-corrected chi connectivity index (χ1v) is 6.70. The van der Waals surface area contributed by atoms with Crippen molar-refractivity contribution in [3.05, 3.63) is 34.9 Å². The highest BCUT2D eigenvalue weighted by Gasteiger charge is 2.20. The van der Waals surface area contributed by atoms with E-state index in [-0.39, 0.29) is 5.91 Å². The molecular formula is C15H22N2O. The van der Waals surface area contributed by atoms with E-state index in [1.165, 1.54) is 5.56 Å². The fourth-order valence-corrected chi connectivity index (χ4v) is 2.41. The monoisotopic (exact) mass is 246 g/mol. The number of amides is 1. The van der Waals surface area contributed by atoms with Crippen LogP contribution in [0.15, 0.2) is 18.2 Å². The first-order valence-electron chi connectivity index (χ1n) is 6.70. The van der Waals surface area contributed by atoms with Crippen LogP contribution in [0.1, 0.15) is 47.2 Å². The van der Waals surface area contributed by atoms with E-state index < -0.39 is 0 Å². The first-order chi connectivity index (χ1) is 8.56. The molecule has 1 aliphatic carbocycles. The second-order valence-corrected chi connectivity index (χ2v) is 5.38. The van der Waals surface area contributed by atoms with Gasteiger partial charge in [0.2, 0.25) is 0 Å². The van der Waals surface area contributed by atoms with Crippen LogP contribution in [0.5, 0.6) is 0 Å². The normalized spacial score (nSPS) is 23.7. The van der Waals surface area contributed by atoms with E-state index in [2.05, 4.69) is 12.2 Å². The standard InChI is InChI=1S/C15H22N2O/c1-10-3-4-12(9-11(10)2)15(18)17-14-7-5-13(16)6-8-14/h3-4,9,13-14H,5-8,16H2,1-2H3,(H,17,18). The highest BCUT2D eigenvalue weighted by Crippen LogP contribution is 2.18. The van der Waals surface area contributed by atoms with E-state index >= 15 is 0 Å². The summed E-state index contributed by atoms with van der Waals surface area (Å²) >= 11 is 0. The molecule has 2 rings (SSSR count). The first kappa shape index (κ1) is 13.1. The highest BCUT2D eigenvalue weighted by molar-refractivity contribution is 5.94. The van der Waals surface area contributed by atoms with Gasteiger partial charge in [0.25, 0.3) is 5.91 Å². The zero-order valence-corrected chi connectivity index (χ0v) is 11.2. The van der Waals surface area contributed by atoms with E-state index in [1.807, 2.05) is 25.1 Å². The van der Waals surface area contributed by atoms with Crippen LogP contribution in [-0.4, -0.2) is 18.0 Å². The molecule has 1 amide bonds. The van der Waals surface area contributed by atoms with Crippen LogP contribution in [0.25, 0.3) is 0 Å². The van der Waals surface area contributed by atoms with Gasteiger partial charge in [-0.3, -0.25) is 4.79 Å². The van der Waals surface area contributed by atoms with Gasteiger partial charge >= 0.3 is 0 Å². The number of carbonyl (C=O) groups is 1. The second kappa shape index (κ2) is 5.53. The van der Waals surface area contributed by atoms with Gasteiger partial charge in [0.05, 0.1) is 0 Å². The van der Waals surface area contributed by atoms with Crippen molar-refractivity contribution in [2.75, 3.05) is 0 Å². The average Bonchev–Trinajstić information content (AvgIpc) is 2.35. The summed E-state index contributed by atoms with van der Waals surface area (Å²) in [6.45, 7) is 4.09. The van der Waals surface area contributed by atoms with Gasteiger partial charge in [-0.15, -0.1) is 0 Å². The largest absolute Gasteiger partial charge is 0.349 e. The van der Waals surface area contributed by atoms with Crippen molar-refractivity contribution in [3.8, 4) is 0 Å².